The van der Waals surface area contributed by atoms with Crippen molar-refractivity contribution in [3.05, 3.63) is 72.4 Å². The molecule has 3 aromatic rings. The van der Waals surface area contributed by atoms with Gasteiger partial charge in [0.2, 0.25) is 5.88 Å². The van der Waals surface area contributed by atoms with Crippen LogP contribution in [-0.2, 0) is 6.42 Å². The van der Waals surface area contributed by atoms with Crippen LogP contribution >= 0.6 is 0 Å². The fourth-order valence-corrected chi connectivity index (χ4v) is 3.54. The molecule has 132 valence electrons. The Balaban J connectivity index is 1.33. The molecule has 4 heteroatoms. The van der Waals surface area contributed by atoms with E-state index in [0.717, 1.165) is 43.1 Å². The van der Waals surface area contributed by atoms with Crippen LogP contribution in [0, 0.1) is 5.92 Å². The van der Waals surface area contributed by atoms with Gasteiger partial charge in [-0.05, 0) is 36.1 Å². The number of piperidine rings is 1. The number of benzene rings is 2. The maximum atomic E-state index is 12.4. The molecule has 0 saturated carbocycles. The molecule has 1 amide bonds. The zero-order valence-corrected chi connectivity index (χ0v) is 14.7. The van der Waals surface area contributed by atoms with Crippen LogP contribution in [0.4, 0.5) is 4.79 Å². The Hall–Kier alpha value is -2.88. The van der Waals surface area contributed by atoms with Crippen molar-refractivity contribution in [3.63, 3.8) is 0 Å². The molecule has 1 saturated heterocycles. The van der Waals surface area contributed by atoms with Crippen molar-refractivity contribution in [2.75, 3.05) is 13.1 Å². The first-order valence-electron chi connectivity index (χ1n) is 9.13. The normalized spacial score (nSPS) is 15.2. The Morgan fingerprint density at radius 2 is 1.69 bits per heavy atom. The highest BCUT2D eigenvalue weighted by Gasteiger charge is 2.24. The van der Waals surface area contributed by atoms with Gasteiger partial charge in [-0.25, -0.2) is 9.78 Å². The smallest absolute Gasteiger partial charge is 0.391 e. The number of carbonyl (C=O) groups excluding carboxylic acids is 1. The first-order chi connectivity index (χ1) is 12.8. The van der Waals surface area contributed by atoms with Crippen molar-refractivity contribution in [2.45, 2.75) is 19.3 Å². The maximum absolute atomic E-state index is 12.4. The molecular weight excluding hydrogens is 324 g/mol. The van der Waals surface area contributed by atoms with Gasteiger partial charge in [0, 0.05) is 30.7 Å². The molecule has 0 bridgehead atoms. The minimum Gasteiger partial charge on any atom is -0.391 e. The average Bonchev–Trinajstić information content (AvgIpc) is 2.69. The number of carbonyl (C=O) groups is 1. The SMILES string of the molecule is O=C(Oc1cc2ccccc2cn1)N1CCC(Cc2ccccc2)CC1. The quantitative estimate of drug-likeness (QED) is 0.691. The van der Waals surface area contributed by atoms with Gasteiger partial charge in [-0.15, -0.1) is 0 Å². The van der Waals surface area contributed by atoms with E-state index in [9.17, 15) is 4.79 Å². The van der Waals surface area contributed by atoms with Crippen LogP contribution < -0.4 is 4.74 Å². The minimum absolute atomic E-state index is 0.300. The Labute approximate surface area is 153 Å². The minimum atomic E-state index is -0.300. The number of hydrogen-bond donors (Lipinski definition) is 0. The van der Waals surface area contributed by atoms with Gasteiger partial charge in [0.25, 0.3) is 0 Å². The first kappa shape index (κ1) is 16.6. The van der Waals surface area contributed by atoms with E-state index in [2.05, 4.69) is 29.2 Å². The highest BCUT2D eigenvalue weighted by molar-refractivity contribution is 5.83. The Morgan fingerprint density at radius 1 is 1.00 bits per heavy atom. The van der Waals surface area contributed by atoms with E-state index in [1.807, 2.05) is 36.4 Å². The third kappa shape index (κ3) is 3.85. The molecule has 0 atom stereocenters. The molecule has 0 radical (unpaired) electrons. The molecule has 0 spiro atoms. The van der Waals surface area contributed by atoms with E-state index in [4.69, 9.17) is 4.74 Å². The molecule has 26 heavy (non-hydrogen) atoms. The predicted molar refractivity (Wildman–Crippen MR) is 102 cm³/mol. The lowest BCUT2D eigenvalue weighted by Gasteiger charge is -2.31. The summed E-state index contributed by atoms with van der Waals surface area (Å²) in [5.74, 6) is 0.986. The number of nitrogens with zero attached hydrogens (tertiary/aromatic N) is 2. The second kappa shape index (κ2) is 7.56. The summed E-state index contributed by atoms with van der Waals surface area (Å²) >= 11 is 0. The van der Waals surface area contributed by atoms with Gasteiger partial charge >= 0.3 is 6.09 Å². The molecule has 1 fully saturated rings. The molecule has 2 heterocycles. The third-order valence-electron chi connectivity index (χ3n) is 5.04. The monoisotopic (exact) mass is 346 g/mol. The number of hydrogen-bond acceptors (Lipinski definition) is 3. The number of fused-ring (bicyclic) bond motifs is 1. The number of pyridine rings is 1. The molecular formula is C22H22N2O2. The number of ether oxygens (including phenoxy) is 1. The molecule has 4 nitrogen and oxygen atoms in total. The molecule has 0 aliphatic carbocycles. The molecule has 1 aliphatic heterocycles. The van der Waals surface area contributed by atoms with Crippen molar-refractivity contribution in [1.82, 2.24) is 9.88 Å². The highest BCUT2D eigenvalue weighted by atomic mass is 16.6. The zero-order chi connectivity index (χ0) is 17.8. The maximum Gasteiger partial charge on any atom is 0.416 e. The summed E-state index contributed by atoms with van der Waals surface area (Å²) in [5.41, 5.74) is 1.37. The van der Waals surface area contributed by atoms with E-state index < -0.39 is 0 Å². The summed E-state index contributed by atoms with van der Waals surface area (Å²) in [5, 5.41) is 2.06. The molecule has 4 rings (SSSR count). The molecule has 1 aliphatic rings. The third-order valence-corrected chi connectivity index (χ3v) is 5.04. The highest BCUT2D eigenvalue weighted by Crippen LogP contribution is 2.23. The summed E-state index contributed by atoms with van der Waals surface area (Å²) in [6.07, 6.45) is 4.54. The van der Waals surface area contributed by atoms with E-state index in [0.29, 0.717) is 11.8 Å². The number of amides is 1. The summed E-state index contributed by atoms with van der Waals surface area (Å²) in [6, 6.07) is 20.3. The second-order valence-corrected chi connectivity index (χ2v) is 6.86. The fourth-order valence-electron chi connectivity index (χ4n) is 3.54. The predicted octanol–water partition coefficient (Wildman–Crippen LogP) is 4.69. The number of rotatable bonds is 3. The van der Waals surface area contributed by atoms with Gasteiger partial charge < -0.3 is 9.64 Å². The van der Waals surface area contributed by atoms with Crippen LogP contribution in [-0.4, -0.2) is 29.1 Å². The van der Waals surface area contributed by atoms with E-state index in [1.165, 1.54) is 5.56 Å². The Bertz CT molecular complexity index is 887. The van der Waals surface area contributed by atoms with Gasteiger partial charge in [-0.1, -0.05) is 54.6 Å². The number of aromatic nitrogens is 1. The number of likely N-dealkylation sites (tertiary alicyclic amines) is 1. The topological polar surface area (TPSA) is 42.4 Å². The second-order valence-electron chi connectivity index (χ2n) is 6.86. The average molecular weight is 346 g/mol. The van der Waals surface area contributed by atoms with Gasteiger partial charge in [0.05, 0.1) is 0 Å². The summed E-state index contributed by atoms with van der Waals surface area (Å²) in [4.78, 5) is 18.5. The van der Waals surface area contributed by atoms with Crippen molar-refractivity contribution < 1.29 is 9.53 Å². The Morgan fingerprint density at radius 3 is 2.46 bits per heavy atom. The van der Waals surface area contributed by atoms with Crippen LogP contribution in [0.1, 0.15) is 18.4 Å². The van der Waals surface area contributed by atoms with Crippen LogP contribution in [0.15, 0.2) is 66.9 Å². The molecule has 2 aromatic carbocycles. The standard InChI is InChI=1S/C22H22N2O2/c25-22(26-21-15-19-8-4-5-9-20(19)16-23-21)24-12-10-18(11-13-24)14-17-6-2-1-3-7-17/h1-9,15-16,18H,10-14H2. The lowest BCUT2D eigenvalue weighted by atomic mass is 9.90. The van der Waals surface area contributed by atoms with Crippen LogP contribution in [0.2, 0.25) is 0 Å². The lowest BCUT2D eigenvalue weighted by molar-refractivity contribution is 0.129. The van der Waals surface area contributed by atoms with Crippen molar-refractivity contribution in [2.24, 2.45) is 5.92 Å². The van der Waals surface area contributed by atoms with Gasteiger partial charge in [0.1, 0.15) is 0 Å². The van der Waals surface area contributed by atoms with Crippen LogP contribution in [0.3, 0.4) is 0 Å². The van der Waals surface area contributed by atoms with Crippen molar-refractivity contribution in [3.8, 4) is 5.88 Å². The van der Waals surface area contributed by atoms with Crippen LogP contribution in [0.25, 0.3) is 10.8 Å². The lowest BCUT2D eigenvalue weighted by Crippen LogP contribution is -2.40. The Kier molecular flexibility index (Phi) is 4.82. The van der Waals surface area contributed by atoms with Crippen molar-refractivity contribution in [1.29, 1.82) is 0 Å². The molecule has 0 N–H and O–H groups in total. The van der Waals surface area contributed by atoms with E-state index >= 15 is 0 Å². The van der Waals surface area contributed by atoms with Gasteiger partial charge in [0.15, 0.2) is 0 Å². The van der Waals surface area contributed by atoms with Crippen molar-refractivity contribution >= 4 is 16.9 Å². The van der Waals surface area contributed by atoms with E-state index in [-0.39, 0.29) is 6.09 Å². The summed E-state index contributed by atoms with van der Waals surface area (Å²) in [6.45, 7) is 1.48. The molecule has 1 aromatic heterocycles. The molecule has 0 unspecified atom stereocenters. The first-order valence-corrected chi connectivity index (χ1v) is 9.13. The summed E-state index contributed by atoms with van der Waals surface area (Å²) in [7, 11) is 0. The zero-order valence-electron chi connectivity index (χ0n) is 14.7. The van der Waals surface area contributed by atoms with E-state index in [1.54, 1.807) is 11.1 Å². The largest absolute Gasteiger partial charge is 0.416 e. The fraction of sp³-hybridized carbons (Fsp3) is 0.273. The van der Waals surface area contributed by atoms with Gasteiger partial charge in [-0.2, -0.15) is 0 Å². The summed E-state index contributed by atoms with van der Waals surface area (Å²) < 4.78 is 5.49. The van der Waals surface area contributed by atoms with Gasteiger partial charge in [-0.3, -0.25) is 0 Å². The van der Waals surface area contributed by atoms with Crippen LogP contribution in [0.5, 0.6) is 5.88 Å².